The molecular formula is C10H18ClNO2. The van der Waals surface area contributed by atoms with Crippen LogP contribution in [-0.2, 0) is 9.53 Å². The number of carbonyl (C=O) groups excluding carboxylic acids is 1. The van der Waals surface area contributed by atoms with E-state index in [4.69, 9.17) is 11.6 Å². The molecule has 14 heavy (non-hydrogen) atoms. The zero-order valence-electron chi connectivity index (χ0n) is 8.92. The average molecular weight is 220 g/mol. The molecule has 0 aliphatic rings. The van der Waals surface area contributed by atoms with Crippen molar-refractivity contribution in [3.8, 4) is 0 Å². The first-order valence-corrected chi connectivity index (χ1v) is 5.19. The number of alkyl halides is 1. The number of rotatable bonds is 6. The number of carbonyl (C=O) groups is 1. The van der Waals surface area contributed by atoms with E-state index < -0.39 is 0 Å². The molecule has 0 aromatic carbocycles. The van der Waals surface area contributed by atoms with Gasteiger partial charge in [-0.15, -0.1) is 11.6 Å². The van der Waals surface area contributed by atoms with Gasteiger partial charge >= 0.3 is 5.97 Å². The van der Waals surface area contributed by atoms with Gasteiger partial charge in [-0.2, -0.15) is 0 Å². The van der Waals surface area contributed by atoms with Gasteiger partial charge in [-0.1, -0.05) is 26.0 Å². The van der Waals surface area contributed by atoms with Crippen LogP contribution >= 0.6 is 11.6 Å². The Balaban J connectivity index is 3.98. The Morgan fingerprint density at radius 1 is 1.50 bits per heavy atom. The first-order valence-electron chi connectivity index (χ1n) is 4.65. The number of methoxy groups -OCH3 is 1. The summed E-state index contributed by atoms with van der Waals surface area (Å²) in [5.74, 6) is 0.484. The van der Waals surface area contributed by atoms with Crippen LogP contribution in [0.15, 0.2) is 12.2 Å². The first-order chi connectivity index (χ1) is 6.63. The van der Waals surface area contributed by atoms with Crippen molar-refractivity contribution in [3.05, 3.63) is 12.2 Å². The summed E-state index contributed by atoms with van der Waals surface area (Å²) in [7, 11) is 1.40. The predicted molar refractivity (Wildman–Crippen MR) is 58.5 cm³/mol. The number of nitrogens with one attached hydrogen (secondary N) is 1. The van der Waals surface area contributed by atoms with Crippen molar-refractivity contribution in [1.82, 2.24) is 5.32 Å². The Bertz CT molecular complexity index is 193. The van der Waals surface area contributed by atoms with Gasteiger partial charge < -0.3 is 10.1 Å². The zero-order chi connectivity index (χ0) is 11.0. The fourth-order valence-electron chi connectivity index (χ4n) is 1.06. The number of halogens is 1. The number of allylic oxidation sites excluding steroid dienone is 1. The molecule has 0 aromatic rings. The molecule has 1 unspecified atom stereocenters. The lowest BCUT2D eigenvalue weighted by molar-refractivity contribution is -0.144. The molecule has 0 fully saturated rings. The Kier molecular flexibility index (Phi) is 7.52. The SMILES string of the molecule is COC(=O)C(NC/C=C/CCl)C(C)C. The minimum atomic E-state index is -0.250. The van der Waals surface area contributed by atoms with Crippen LogP contribution in [0.1, 0.15) is 13.8 Å². The highest BCUT2D eigenvalue weighted by Crippen LogP contribution is 2.02. The Labute approximate surface area is 90.5 Å². The van der Waals surface area contributed by atoms with E-state index in [-0.39, 0.29) is 17.9 Å². The fraction of sp³-hybridized carbons (Fsp3) is 0.700. The molecule has 0 radical (unpaired) electrons. The molecule has 0 saturated carbocycles. The topological polar surface area (TPSA) is 38.3 Å². The standard InChI is InChI=1S/C10H18ClNO2/c1-8(2)9(10(13)14-3)12-7-5-4-6-11/h4-5,8-9,12H,6-7H2,1-3H3/b5-4+. The third-order valence-corrected chi connectivity index (χ3v) is 2.01. The minimum Gasteiger partial charge on any atom is -0.468 e. The van der Waals surface area contributed by atoms with Gasteiger partial charge in [0.2, 0.25) is 0 Å². The lowest BCUT2D eigenvalue weighted by atomic mass is 10.0. The maximum atomic E-state index is 11.3. The summed E-state index contributed by atoms with van der Waals surface area (Å²) in [4.78, 5) is 11.3. The van der Waals surface area contributed by atoms with E-state index in [1.165, 1.54) is 7.11 Å². The van der Waals surface area contributed by atoms with Crippen molar-refractivity contribution in [2.45, 2.75) is 19.9 Å². The summed E-state index contributed by atoms with van der Waals surface area (Å²) in [5.41, 5.74) is 0. The smallest absolute Gasteiger partial charge is 0.323 e. The van der Waals surface area contributed by atoms with E-state index in [1.54, 1.807) is 0 Å². The van der Waals surface area contributed by atoms with Crippen LogP contribution < -0.4 is 5.32 Å². The molecule has 0 aliphatic carbocycles. The van der Waals surface area contributed by atoms with Crippen LogP contribution in [0.5, 0.6) is 0 Å². The molecule has 82 valence electrons. The van der Waals surface area contributed by atoms with E-state index in [1.807, 2.05) is 26.0 Å². The quantitative estimate of drug-likeness (QED) is 0.419. The second-order valence-electron chi connectivity index (χ2n) is 3.28. The molecule has 3 nitrogen and oxygen atoms in total. The second-order valence-corrected chi connectivity index (χ2v) is 3.59. The van der Waals surface area contributed by atoms with Crippen LogP contribution in [0.4, 0.5) is 0 Å². The lowest BCUT2D eigenvalue weighted by Gasteiger charge is -2.18. The Morgan fingerprint density at radius 2 is 2.14 bits per heavy atom. The van der Waals surface area contributed by atoms with Crippen molar-refractivity contribution in [2.24, 2.45) is 5.92 Å². The van der Waals surface area contributed by atoms with Crippen molar-refractivity contribution in [2.75, 3.05) is 19.5 Å². The summed E-state index contributed by atoms with van der Waals surface area (Å²) in [5, 5.41) is 3.08. The summed E-state index contributed by atoms with van der Waals surface area (Å²) in [6.07, 6.45) is 3.73. The van der Waals surface area contributed by atoms with Gasteiger partial charge in [-0.25, -0.2) is 0 Å². The maximum absolute atomic E-state index is 11.3. The number of hydrogen-bond donors (Lipinski definition) is 1. The van der Waals surface area contributed by atoms with Gasteiger partial charge in [-0.05, 0) is 5.92 Å². The van der Waals surface area contributed by atoms with Crippen molar-refractivity contribution >= 4 is 17.6 Å². The summed E-state index contributed by atoms with van der Waals surface area (Å²) >= 11 is 5.46. The van der Waals surface area contributed by atoms with Gasteiger partial charge in [0.1, 0.15) is 6.04 Å². The summed E-state index contributed by atoms with van der Waals surface area (Å²) in [6.45, 7) is 4.57. The van der Waals surface area contributed by atoms with E-state index in [9.17, 15) is 4.79 Å². The molecule has 0 aromatic heterocycles. The minimum absolute atomic E-state index is 0.215. The van der Waals surface area contributed by atoms with Crippen LogP contribution in [-0.4, -0.2) is 31.5 Å². The number of esters is 1. The molecule has 0 rings (SSSR count). The third-order valence-electron chi connectivity index (χ3n) is 1.83. The van der Waals surface area contributed by atoms with Crippen molar-refractivity contribution in [1.29, 1.82) is 0 Å². The molecule has 0 aliphatic heterocycles. The van der Waals surface area contributed by atoms with Gasteiger partial charge in [0, 0.05) is 12.4 Å². The molecule has 0 amide bonds. The average Bonchev–Trinajstić information content (AvgIpc) is 2.16. The Morgan fingerprint density at radius 3 is 2.57 bits per heavy atom. The highest BCUT2D eigenvalue weighted by molar-refractivity contribution is 6.18. The van der Waals surface area contributed by atoms with Gasteiger partial charge in [-0.3, -0.25) is 4.79 Å². The molecule has 1 atom stereocenters. The van der Waals surface area contributed by atoms with Gasteiger partial charge in [0.25, 0.3) is 0 Å². The van der Waals surface area contributed by atoms with Crippen LogP contribution in [0.3, 0.4) is 0 Å². The molecule has 0 spiro atoms. The number of ether oxygens (including phenoxy) is 1. The highest BCUT2D eigenvalue weighted by Gasteiger charge is 2.21. The second kappa shape index (κ2) is 7.83. The number of hydrogen-bond acceptors (Lipinski definition) is 3. The van der Waals surface area contributed by atoms with Crippen LogP contribution in [0.25, 0.3) is 0 Å². The zero-order valence-corrected chi connectivity index (χ0v) is 9.67. The summed E-state index contributed by atoms with van der Waals surface area (Å²) < 4.78 is 4.68. The molecule has 0 saturated heterocycles. The molecular weight excluding hydrogens is 202 g/mol. The Hall–Kier alpha value is -0.540. The third kappa shape index (κ3) is 5.25. The van der Waals surface area contributed by atoms with Crippen molar-refractivity contribution in [3.63, 3.8) is 0 Å². The lowest BCUT2D eigenvalue weighted by Crippen LogP contribution is -2.41. The monoisotopic (exact) mass is 219 g/mol. The molecule has 0 heterocycles. The fourth-order valence-corrected chi connectivity index (χ4v) is 1.19. The first kappa shape index (κ1) is 13.5. The largest absolute Gasteiger partial charge is 0.468 e. The molecule has 4 heteroatoms. The molecule has 0 bridgehead atoms. The van der Waals surface area contributed by atoms with Crippen molar-refractivity contribution < 1.29 is 9.53 Å². The van der Waals surface area contributed by atoms with E-state index in [0.717, 1.165) is 0 Å². The summed E-state index contributed by atoms with van der Waals surface area (Å²) in [6, 6.07) is -0.250. The predicted octanol–water partition coefficient (Wildman–Crippen LogP) is 1.57. The van der Waals surface area contributed by atoms with E-state index >= 15 is 0 Å². The normalized spacial score (nSPS) is 13.5. The molecule has 1 N–H and O–H groups in total. The van der Waals surface area contributed by atoms with Crippen LogP contribution in [0, 0.1) is 5.92 Å². The van der Waals surface area contributed by atoms with Gasteiger partial charge in [0.15, 0.2) is 0 Å². The maximum Gasteiger partial charge on any atom is 0.323 e. The van der Waals surface area contributed by atoms with Crippen LogP contribution in [0.2, 0.25) is 0 Å². The van der Waals surface area contributed by atoms with E-state index in [2.05, 4.69) is 10.1 Å². The highest BCUT2D eigenvalue weighted by atomic mass is 35.5. The van der Waals surface area contributed by atoms with Gasteiger partial charge in [0.05, 0.1) is 7.11 Å². The van der Waals surface area contributed by atoms with E-state index in [0.29, 0.717) is 12.4 Å².